The highest BCUT2D eigenvalue weighted by molar-refractivity contribution is 6.30. The van der Waals surface area contributed by atoms with Gasteiger partial charge in [0.25, 0.3) is 0 Å². The van der Waals surface area contributed by atoms with Crippen LogP contribution in [0.1, 0.15) is 5.56 Å². The molecular weight excluding hydrogens is 212 g/mol. The zero-order valence-corrected chi connectivity index (χ0v) is 9.33. The summed E-state index contributed by atoms with van der Waals surface area (Å²) in [4.78, 5) is 9.84. The van der Waals surface area contributed by atoms with Gasteiger partial charge in [0.15, 0.2) is 0 Å². The minimum atomic E-state index is -0.394. The summed E-state index contributed by atoms with van der Waals surface area (Å²) in [6.45, 7) is 6.77. The molecule has 0 saturated carbocycles. The third kappa shape index (κ3) is 6.52. The molecule has 0 spiro atoms. The Morgan fingerprint density at radius 3 is 2.13 bits per heavy atom. The Bertz CT molecular complexity index is 328. The van der Waals surface area contributed by atoms with Gasteiger partial charge >= 0.3 is 5.97 Å². The first-order valence-electron chi connectivity index (χ1n) is 4.22. The van der Waals surface area contributed by atoms with Crippen molar-refractivity contribution in [2.24, 2.45) is 0 Å². The lowest BCUT2D eigenvalue weighted by Crippen LogP contribution is -1.91. The number of methoxy groups -OCH3 is 1. The third-order valence-electron chi connectivity index (χ3n) is 1.47. The maximum atomic E-state index is 9.84. The molecule has 0 heterocycles. The van der Waals surface area contributed by atoms with Gasteiger partial charge in [0.2, 0.25) is 0 Å². The number of carbonyl (C=O) groups excluding carboxylic acids is 1. The van der Waals surface area contributed by atoms with Crippen LogP contribution >= 0.6 is 11.6 Å². The molecule has 0 bridgehead atoms. The van der Waals surface area contributed by atoms with E-state index in [1.165, 1.54) is 7.11 Å². The molecule has 0 unspecified atom stereocenters. The molecule has 0 aromatic heterocycles. The summed E-state index contributed by atoms with van der Waals surface area (Å²) in [5.41, 5.74) is 1.10. The predicted molar refractivity (Wildman–Crippen MR) is 63.8 cm³/mol. The van der Waals surface area contributed by atoms with Gasteiger partial charge in [0.1, 0.15) is 0 Å². The molecule has 0 aliphatic rings. The third-order valence-corrected chi connectivity index (χ3v) is 1.73. The molecule has 15 heavy (non-hydrogen) atoms. The van der Waals surface area contributed by atoms with Gasteiger partial charge in [-0.25, -0.2) is 4.79 Å². The van der Waals surface area contributed by atoms with Gasteiger partial charge in [0.05, 0.1) is 7.11 Å². The molecule has 2 nitrogen and oxygen atoms in total. The van der Waals surface area contributed by atoms with Crippen molar-refractivity contribution in [3.63, 3.8) is 0 Å². The van der Waals surface area contributed by atoms with E-state index >= 15 is 0 Å². The molecule has 1 rings (SSSR count). The van der Waals surface area contributed by atoms with E-state index in [9.17, 15) is 4.79 Å². The average Bonchev–Trinajstić information content (AvgIpc) is 2.30. The lowest BCUT2D eigenvalue weighted by molar-refractivity contribution is -0.134. The normalized spacial score (nSPS) is 8.13. The molecule has 0 aliphatic carbocycles. The lowest BCUT2D eigenvalue weighted by atomic mass is 10.2. The SMILES string of the molecule is C=CC(=O)OC.C=Cc1ccc(Cl)cc1. The van der Waals surface area contributed by atoms with Crippen molar-refractivity contribution in [3.8, 4) is 0 Å². The van der Waals surface area contributed by atoms with E-state index in [-0.39, 0.29) is 0 Å². The fourth-order valence-corrected chi connectivity index (χ4v) is 0.808. The summed E-state index contributed by atoms with van der Waals surface area (Å²) >= 11 is 5.63. The minimum Gasteiger partial charge on any atom is -0.466 e. The number of carbonyl (C=O) groups is 1. The fraction of sp³-hybridized carbons (Fsp3) is 0.0833. The molecule has 0 aliphatic heterocycles. The molecular formula is C12H13ClO2. The summed E-state index contributed by atoms with van der Waals surface area (Å²) in [6.07, 6.45) is 2.90. The van der Waals surface area contributed by atoms with Crippen LogP contribution in [0.2, 0.25) is 5.02 Å². The second kappa shape index (κ2) is 7.83. The standard InChI is InChI=1S/C8H7Cl.C4H6O2/c1-2-7-3-5-8(9)6-4-7;1-3-4(5)6-2/h2-6H,1H2;3H,1H2,2H3. The highest BCUT2D eigenvalue weighted by Gasteiger charge is 1.84. The Labute approximate surface area is 94.8 Å². The smallest absolute Gasteiger partial charge is 0.329 e. The highest BCUT2D eigenvalue weighted by atomic mass is 35.5. The van der Waals surface area contributed by atoms with E-state index in [0.717, 1.165) is 16.7 Å². The lowest BCUT2D eigenvalue weighted by Gasteiger charge is -1.89. The van der Waals surface area contributed by atoms with Crippen LogP contribution in [0.4, 0.5) is 0 Å². The molecule has 0 N–H and O–H groups in total. The molecule has 0 amide bonds. The summed E-state index contributed by atoms with van der Waals surface area (Å²) in [7, 11) is 1.31. The van der Waals surface area contributed by atoms with Gasteiger partial charge < -0.3 is 4.74 Å². The summed E-state index contributed by atoms with van der Waals surface area (Å²) in [6, 6.07) is 7.54. The Hall–Kier alpha value is -1.54. The summed E-state index contributed by atoms with van der Waals surface area (Å²) in [5, 5.41) is 0.764. The van der Waals surface area contributed by atoms with Crippen molar-refractivity contribution in [2.75, 3.05) is 7.11 Å². The molecule has 0 radical (unpaired) electrons. The fourth-order valence-electron chi connectivity index (χ4n) is 0.682. The van der Waals surface area contributed by atoms with E-state index in [2.05, 4.69) is 17.9 Å². The van der Waals surface area contributed by atoms with E-state index in [4.69, 9.17) is 11.6 Å². The summed E-state index contributed by atoms with van der Waals surface area (Å²) in [5.74, 6) is -0.394. The van der Waals surface area contributed by atoms with Crippen LogP contribution in [0, 0.1) is 0 Å². The number of hydrogen-bond donors (Lipinski definition) is 0. The second-order valence-electron chi connectivity index (χ2n) is 2.48. The van der Waals surface area contributed by atoms with Crippen molar-refractivity contribution in [3.05, 3.63) is 54.1 Å². The maximum absolute atomic E-state index is 9.84. The van der Waals surface area contributed by atoms with E-state index in [1.807, 2.05) is 24.3 Å². The molecule has 80 valence electrons. The summed E-state index contributed by atoms with van der Waals surface area (Å²) < 4.78 is 4.14. The zero-order chi connectivity index (χ0) is 11.7. The number of hydrogen-bond acceptors (Lipinski definition) is 2. The first kappa shape index (κ1) is 13.5. The number of rotatable bonds is 2. The Morgan fingerprint density at radius 2 is 1.87 bits per heavy atom. The number of halogens is 1. The van der Waals surface area contributed by atoms with E-state index in [1.54, 1.807) is 6.08 Å². The van der Waals surface area contributed by atoms with Crippen molar-refractivity contribution in [1.29, 1.82) is 0 Å². The molecule has 1 aromatic carbocycles. The Kier molecular flexibility index (Phi) is 7.02. The average molecular weight is 225 g/mol. The highest BCUT2D eigenvalue weighted by Crippen LogP contribution is 2.09. The van der Waals surface area contributed by atoms with Gasteiger partial charge in [-0.3, -0.25) is 0 Å². The van der Waals surface area contributed by atoms with Crippen molar-refractivity contribution in [1.82, 2.24) is 0 Å². The minimum absolute atomic E-state index is 0.394. The Morgan fingerprint density at radius 1 is 1.33 bits per heavy atom. The van der Waals surface area contributed by atoms with E-state index < -0.39 is 5.97 Å². The van der Waals surface area contributed by atoms with Gasteiger partial charge in [-0.2, -0.15) is 0 Å². The molecule has 0 atom stereocenters. The van der Waals surface area contributed by atoms with Crippen LogP contribution in [-0.2, 0) is 9.53 Å². The predicted octanol–water partition coefficient (Wildman–Crippen LogP) is 3.33. The van der Waals surface area contributed by atoms with Crippen molar-refractivity contribution < 1.29 is 9.53 Å². The molecule has 0 fully saturated rings. The van der Waals surface area contributed by atoms with Gasteiger partial charge in [-0.05, 0) is 17.7 Å². The molecule has 3 heteroatoms. The van der Waals surface area contributed by atoms with Crippen LogP contribution in [0.5, 0.6) is 0 Å². The van der Waals surface area contributed by atoms with Gasteiger partial charge in [-0.1, -0.05) is 43.0 Å². The Balaban J connectivity index is 0.000000288. The molecule has 1 aromatic rings. The van der Waals surface area contributed by atoms with Crippen LogP contribution in [0.25, 0.3) is 6.08 Å². The van der Waals surface area contributed by atoms with Crippen LogP contribution in [0.3, 0.4) is 0 Å². The van der Waals surface area contributed by atoms with Crippen LogP contribution in [-0.4, -0.2) is 13.1 Å². The quantitative estimate of drug-likeness (QED) is 0.569. The zero-order valence-electron chi connectivity index (χ0n) is 8.57. The van der Waals surface area contributed by atoms with Crippen LogP contribution < -0.4 is 0 Å². The largest absolute Gasteiger partial charge is 0.466 e. The second-order valence-corrected chi connectivity index (χ2v) is 2.92. The molecule has 0 saturated heterocycles. The van der Waals surface area contributed by atoms with Crippen molar-refractivity contribution >= 4 is 23.6 Å². The van der Waals surface area contributed by atoms with Crippen molar-refractivity contribution in [2.45, 2.75) is 0 Å². The number of benzene rings is 1. The number of ether oxygens (including phenoxy) is 1. The first-order chi connectivity index (χ1) is 7.13. The van der Waals surface area contributed by atoms with Gasteiger partial charge in [-0.15, -0.1) is 0 Å². The topological polar surface area (TPSA) is 26.3 Å². The van der Waals surface area contributed by atoms with Gasteiger partial charge in [0, 0.05) is 11.1 Å². The number of esters is 1. The van der Waals surface area contributed by atoms with Crippen LogP contribution in [0.15, 0.2) is 43.5 Å². The van der Waals surface area contributed by atoms with E-state index in [0.29, 0.717) is 0 Å². The maximum Gasteiger partial charge on any atom is 0.329 e. The monoisotopic (exact) mass is 224 g/mol. The first-order valence-corrected chi connectivity index (χ1v) is 4.60.